The number of carbonyl (C=O) groups is 1. The van der Waals surface area contributed by atoms with Gasteiger partial charge in [-0.15, -0.1) is 5.92 Å². The lowest BCUT2D eigenvalue weighted by molar-refractivity contribution is -0.137. The average molecular weight is 377 g/mol. The van der Waals surface area contributed by atoms with Gasteiger partial charge in [0, 0.05) is 6.54 Å². The molecule has 0 radical (unpaired) electrons. The summed E-state index contributed by atoms with van der Waals surface area (Å²) in [6, 6.07) is 16.1. The summed E-state index contributed by atoms with van der Waals surface area (Å²) >= 11 is 0. The SMILES string of the molecule is CC#C[C@@H](CC(=O)O)c1ccc(OCc2cccc(CN3CCCC3)c2)cc1. The van der Waals surface area contributed by atoms with Gasteiger partial charge in [0.15, 0.2) is 0 Å². The number of carboxylic acids is 1. The molecule has 3 rings (SSSR count). The van der Waals surface area contributed by atoms with Crippen LogP contribution in [-0.2, 0) is 17.9 Å². The molecule has 4 nitrogen and oxygen atoms in total. The van der Waals surface area contributed by atoms with Crippen LogP contribution in [0.15, 0.2) is 48.5 Å². The van der Waals surface area contributed by atoms with E-state index in [1.54, 1.807) is 6.92 Å². The van der Waals surface area contributed by atoms with Gasteiger partial charge in [0.1, 0.15) is 12.4 Å². The third-order valence-electron chi connectivity index (χ3n) is 4.98. The summed E-state index contributed by atoms with van der Waals surface area (Å²) in [5, 5.41) is 9.05. The van der Waals surface area contributed by atoms with E-state index in [1.165, 1.54) is 31.5 Å². The van der Waals surface area contributed by atoms with Crippen molar-refractivity contribution in [1.82, 2.24) is 4.90 Å². The van der Waals surface area contributed by atoms with E-state index < -0.39 is 5.97 Å². The van der Waals surface area contributed by atoms with Crippen LogP contribution in [0.1, 0.15) is 48.8 Å². The van der Waals surface area contributed by atoms with Gasteiger partial charge < -0.3 is 9.84 Å². The molecule has 1 saturated heterocycles. The summed E-state index contributed by atoms with van der Waals surface area (Å²) in [4.78, 5) is 13.5. The number of nitrogens with zero attached hydrogens (tertiary/aromatic N) is 1. The van der Waals surface area contributed by atoms with Crippen LogP contribution in [0.3, 0.4) is 0 Å². The molecule has 2 aromatic rings. The number of ether oxygens (including phenoxy) is 1. The molecule has 1 atom stereocenters. The third-order valence-corrected chi connectivity index (χ3v) is 4.98. The Kier molecular flexibility index (Phi) is 7.11. The van der Waals surface area contributed by atoms with Crippen molar-refractivity contribution in [2.75, 3.05) is 13.1 Å². The van der Waals surface area contributed by atoms with Crippen molar-refractivity contribution in [3.8, 4) is 17.6 Å². The normalized spacial score (nSPS) is 14.9. The van der Waals surface area contributed by atoms with Gasteiger partial charge in [-0.1, -0.05) is 42.3 Å². The monoisotopic (exact) mass is 377 g/mol. The number of aliphatic carboxylic acids is 1. The van der Waals surface area contributed by atoms with E-state index in [-0.39, 0.29) is 12.3 Å². The summed E-state index contributed by atoms with van der Waals surface area (Å²) < 4.78 is 5.93. The summed E-state index contributed by atoms with van der Waals surface area (Å²) in [5.74, 6) is 5.42. The molecular formula is C24H27NO3. The molecule has 1 aliphatic heterocycles. The largest absolute Gasteiger partial charge is 0.489 e. The van der Waals surface area contributed by atoms with Gasteiger partial charge in [0.05, 0.1) is 12.3 Å². The van der Waals surface area contributed by atoms with Crippen molar-refractivity contribution in [1.29, 1.82) is 0 Å². The molecule has 4 heteroatoms. The first-order valence-corrected chi connectivity index (χ1v) is 9.81. The molecule has 0 aromatic heterocycles. The topological polar surface area (TPSA) is 49.8 Å². The van der Waals surface area contributed by atoms with Crippen molar-refractivity contribution in [3.05, 3.63) is 65.2 Å². The lowest BCUT2D eigenvalue weighted by Crippen LogP contribution is -2.18. The molecule has 1 fully saturated rings. The van der Waals surface area contributed by atoms with E-state index in [4.69, 9.17) is 9.84 Å². The zero-order valence-corrected chi connectivity index (χ0v) is 16.4. The van der Waals surface area contributed by atoms with E-state index in [0.29, 0.717) is 6.61 Å². The lowest BCUT2D eigenvalue weighted by Gasteiger charge is -2.15. The molecule has 0 aliphatic carbocycles. The summed E-state index contributed by atoms with van der Waals surface area (Å²) in [5.41, 5.74) is 3.38. The minimum absolute atomic E-state index is 0.00482. The molecule has 0 amide bonds. The standard InChI is InChI=1S/C24H27NO3/c1-2-6-22(16-24(26)27)21-9-11-23(12-10-21)28-18-20-8-5-7-19(15-20)17-25-13-3-4-14-25/h5,7-12,15,22H,3-4,13-14,16-18H2,1H3,(H,26,27)/t22-/m0/s1. The van der Waals surface area contributed by atoms with E-state index in [2.05, 4.69) is 41.0 Å². The Bertz CT molecular complexity index is 842. The minimum Gasteiger partial charge on any atom is -0.489 e. The molecule has 1 heterocycles. The molecule has 1 N–H and O–H groups in total. The molecule has 2 aromatic carbocycles. The molecular weight excluding hydrogens is 350 g/mol. The van der Waals surface area contributed by atoms with Crippen LogP contribution >= 0.6 is 0 Å². The number of carboxylic acid groups (broad SMARTS) is 1. The van der Waals surface area contributed by atoms with Gasteiger partial charge in [-0.05, 0) is 61.7 Å². The Hall–Kier alpha value is -2.77. The summed E-state index contributed by atoms with van der Waals surface area (Å²) in [6.07, 6.45) is 2.61. The van der Waals surface area contributed by atoms with Crippen molar-refractivity contribution >= 4 is 5.97 Å². The fourth-order valence-electron chi connectivity index (χ4n) is 3.58. The number of hydrogen-bond donors (Lipinski definition) is 1. The predicted molar refractivity (Wildman–Crippen MR) is 110 cm³/mol. The summed E-state index contributed by atoms with van der Waals surface area (Å²) in [7, 11) is 0. The smallest absolute Gasteiger partial charge is 0.304 e. The highest BCUT2D eigenvalue weighted by atomic mass is 16.5. The van der Waals surface area contributed by atoms with E-state index >= 15 is 0 Å². The van der Waals surface area contributed by atoms with Gasteiger partial charge in [0.25, 0.3) is 0 Å². The number of likely N-dealkylation sites (tertiary alicyclic amines) is 1. The van der Waals surface area contributed by atoms with Gasteiger partial charge in [0.2, 0.25) is 0 Å². The fraction of sp³-hybridized carbons (Fsp3) is 0.375. The molecule has 146 valence electrons. The molecule has 0 bridgehead atoms. The predicted octanol–water partition coefficient (Wildman–Crippen LogP) is 4.44. The zero-order valence-electron chi connectivity index (χ0n) is 16.4. The first-order chi connectivity index (χ1) is 13.6. The van der Waals surface area contributed by atoms with E-state index in [1.807, 2.05) is 24.3 Å². The quantitative estimate of drug-likeness (QED) is 0.691. The second kappa shape index (κ2) is 9.96. The Morgan fingerprint density at radius 3 is 2.54 bits per heavy atom. The van der Waals surface area contributed by atoms with Crippen molar-refractivity contribution in [2.45, 2.75) is 45.3 Å². The number of rotatable bonds is 8. The van der Waals surface area contributed by atoms with Crippen molar-refractivity contribution in [2.24, 2.45) is 0 Å². The Morgan fingerprint density at radius 1 is 1.14 bits per heavy atom. The fourth-order valence-corrected chi connectivity index (χ4v) is 3.58. The first kappa shape index (κ1) is 20.0. The molecule has 0 unspecified atom stereocenters. The molecule has 28 heavy (non-hydrogen) atoms. The highest BCUT2D eigenvalue weighted by Gasteiger charge is 2.13. The van der Waals surface area contributed by atoms with Crippen LogP contribution in [0, 0.1) is 11.8 Å². The first-order valence-electron chi connectivity index (χ1n) is 9.81. The van der Waals surface area contributed by atoms with Crippen LogP contribution in [0.25, 0.3) is 0 Å². The lowest BCUT2D eigenvalue weighted by atomic mass is 9.96. The average Bonchev–Trinajstić information content (AvgIpc) is 3.19. The van der Waals surface area contributed by atoms with Crippen LogP contribution in [-0.4, -0.2) is 29.1 Å². The maximum atomic E-state index is 11.0. The third kappa shape index (κ3) is 5.87. The van der Waals surface area contributed by atoms with Gasteiger partial charge in [-0.25, -0.2) is 0 Å². The highest BCUT2D eigenvalue weighted by molar-refractivity contribution is 5.69. The second-order valence-corrected chi connectivity index (χ2v) is 7.21. The molecule has 1 aliphatic rings. The second-order valence-electron chi connectivity index (χ2n) is 7.21. The van der Waals surface area contributed by atoms with Gasteiger partial charge in [-0.2, -0.15) is 0 Å². The van der Waals surface area contributed by atoms with E-state index in [9.17, 15) is 4.79 Å². The Labute approximate surface area is 167 Å². The van der Waals surface area contributed by atoms with Crippen LogP contribution in [0.5, 0.6) is 5.75 Å². The van der Waals surface area contributed by atoms with Gasteiger partial charge in [-0.3, -0.25) is 9.69 Å². The van der Waals surface area contributed by atoms with Gasteiger partial charge >= 0.3 is 5.97 Å². The van der Waals surface area contributed by atoms with Crippen LogP contribution < -0.4 is 4.74 Å². The van der Waals surface area contributed by atoms with Crippen LogP contribution in [0.2, 0.25) is 0 Å². The maximum absolute atomic E-state index is 11.0. The Morgan fingerprint density at radius 2 is 1.86 bits per heavy atom. The minimum atomic E-state index is -0.845. The zero-order chi connectivity index (χ0) is 19.8. The maximum Gasteiger partial charge on any atom is 0.304 e. The Balaban J connectivity index is 1.58. The van der Waals surface area contributed by atoms with Crippen molar-refractivity contribution < 1.29 is 14.6 Å². The van der Waals surface area contributed by atoms with Crippen LogP contribution in [0.4, 0.5) is 0 Å². The molecule has 0 saturated carbocycles. The van der Waals surface area contributed by atoms with Crippen molar-refractivity contribution in [3.63, 3.8) is 0 Å². The molecule has 0 spiro atoms. The number of hydrogen-bond acceptors (Lipinski definition) is 3. The number of benzene rings is 2. The summed E-state index contributed by atoms with van der Waals surface area (Å²) in [6.45, 7) is 5.63. The van der Waals surface area contributed by atoms with E-state index in [0.717, 1.165) is 23.4 Å². The highest BCUT2D eigenvalue weighted by Crippen LogP contribution is 2.23.